The molecule has 12 nitrogen and oxygen atoms in total. The number of nitrogens with one attached hydrogen (secondary N) is 2. The summed E-state index contributed by atoms with van der Waals surface area (Å²) in [5.41, 5.74) is 16.2. The van der Waals surface area contributed by atoms with E-state index in [9.17, 15) is 24.3 Å². The molecule has 0 aliphatic carbocycles. The molecule has 0 fully saturated rings. The van der Waals surface area contributed by atoms with Gasteiger partial charge in [-0.3, -0.25) is 19.4 Å². The van der Waals surface area contributed by atoms with E-state index in [0.717, 1.165) is 0 Å². The molecular weight excluding hydrogens is 384 g/mol. The molecule has 2 amide bonds. The monoisotopic (exact) mass is 416 g/mol. The Morgan fingerprint density at radius 1 is 0.966 bits per heavy atom. The Bertz CT molecular complexity index is 605. The van der Waals surface area contributed by atoms with E-state index in [4.69, 9.17) is 22.3 Å². The third-order valence-electron chi connectivity index (χ3n) is 3.90. The minimum absolute atomic E-state index is 0.0459. The first-order chi connectivity index (χ1) is 13.4. The number of aliphatic imine (C=N–C) groups is 1. The lowest BCUT2D eigenvalue weighted by Gasteiger charge is -2.23. The van der Waals surface area contributed by atoms with Crippen molar-refractivity contribution in [2.24, 2.45) is 28.1 Å². The van der Waals surface area contributed by atoms with Gasteiger partial charge in [0.2, 0.25) is 11.8 Å². The van der Waals surface area contributed by atoms with Gasteiger partial charge in [-0.25, -0.2) is 4.79 Å². The fraction of sp³-hybridized carbons (Fsp3) is 0.706. The Hall–Kier alpha value is -2.89. The van der Waals surface area contributed by atoms with Crippen molar-refractivity contribution >= 4 is 29.7 Å². The number of rotatable bonds is 14. The minimum Gasteiger partial charge on any atom is -0.481 e. The molecule has 0 heterocycles. The fourth-order valence-electron chi connectivity index (χ4n) is 2.46. The molecule has 0 radical (unpaired) electrons. The summed E-state index contributed by atoms with van der Waals surface area (Å²) < 4.78 is 0. The molecule has 29 heavy (non-hydrogen) atoms. The molecule has 0 aromatic heterocycles. The number of nitrogens with zero attached hydrogens (tertiary/aromatic N) is 1. The Morgan fingerprint density at radius 2 is 1.55 bits per heavy atom. The zero-order valence-corrected chi connectivity index (χ0v) is 16.8. The Labute approximate surface area is 169 Å². The van der Waals surface area contributed by atoms with Crippen LogP contribution in [0.15, 0.2) is 4.99 Å². The van der Waals surface area contributed by atoms with Crippen molar-refractivity contribution in [2.45, 2.75) is 64.1 Å². The minimum atomic E-state index is -1.28. The summed E-state index contributed by atoms with van der Waals surface area (Å²) in [7, 11) is 0. The summed E-state index contributed by atoms with van der Waals surface area (Å²) in [5.74, 6) is -3.83. The van der Waals surface area contributed by atoms with Crippen LogP contribution in [0.5, 0.6) is 0 Å². The van der Waals surface area contributed by atoms with Crippen LogP contribution in [0, 0.1) is 5.92 Å². The van der Waals surface area contributed by atoms with Crippen LogP contribution in [-0.4, -0.2) is 64.6 Å². The Balaban J connectivity index is 5.05. The number of guanidine groups is 1. The molecule has 3 atom stereocenters. The second-order valence-electron chi connectivity index (χ2n) is 7.08. The molecule has 0 spiro atoms. The average Bonchev–Trinajstić information content (AvgIpc) is 2.59. The van der Waals surface area contributed by atoms with Gasteiger partial charge in [-0.15, -0.1) is 0 Å². The maximum absolute atomic E-state index is 12.5. The topological polar surface area (TPSA) is 223 Å². The van der Waals surface area contributed by atoms with Gasteiger partial charge in [0.25, 0.3) is 0 Å². The number of carboxylic acids is 2. The van der Waals surface area contributed by atoms with Crippen molar-refractivity contribution in [3.8, 4) is 0 Å². The van der Waals surface area contributed by atoms with E-state index < -0.39 is 41.9 Å². The van der Waals surface area contributed by atoms with E-state index in [1.54, 1.807) is 0 Å². The maximum Gasteiger partial charge on any atom is 0.326 e. The molecule has 0 unspecified atom stereocenters. The molecular formula is C17H32N6O6. The smallest absolute Gasteiger partial charge is 0.326 e. The predicted molar refractivity (Wildman–Crippen MR) is 106 cm³/mol. The van der Waals surface area contributed by atoms with E-state index in [-0.39, 0.29) is 37.7 Å². The van der Waals surface area contributed by atoms with Gasteiger partial charge in [0.15, 0.2) is 5.96 Å². The van der Waals surface area contributed by atoms with Crippen molar-refractivity contribution < 1.29 is 29.4 Å². The van der Waals surface area contributed by atoms with Crippen LogP contribution < -0.4 is 27.8 Å². The quantitative estimate of drug-likeness (QED) is 0.0975. The molecule has 0 bridgehead atoms. The number of carbonyl (C=O) groups is 4. The highest BCUT2D eigenvalue weighted by molar-refractivity contribution is 5.92. The first-order valence-electron chi connectivity index (χ1n) is 9.30. The highest BCUT2D eigenvalue weighted by Gasteiger charge is 2.28. The second-order valence-corrected chi connectivity index (χ2v) is 7.08. The Morgan fingerprint density at radius 3 is 2.03 bits per heavy atom. The molecule has 0 rings (SSSR count). The molecule has 0 aromatic rings. The van der Waals surface area contributed by atoms with E-state index in [1.165, 1.54) is 0 Å². The van der Waals surface area contributed by atoms with Crippen LogP contribution in [0.25, 0.3) is 0 Å². The van der Waals surface area contributed by atoms with Gasteiger partial charge in [0.05, 0.1) is 6.04 Å². The Kier molecular flexibility index (Phi) is 12.0. The predicted octanol–water partition coefficient (Wildman–Crippen LogP) is -1.67. The third kappa shape index (κ3) is 12.2. The van der Waals surface area contributed by atoms with Gasteiger partial charge in [-0.2, -0.15) is 0 Å². The largest absolute Gasteiger partial charge is 0.481 e. The molecule has 0 saturated carbocycles. The molecule has 10 N–H and O–H groups in total. The van der Waals surface area contributed by atoms with E-state index >= 15 is 0 Å². The summed E-state index contributed by atoms with van der Waals surface area (Å²) >= 11 is 0. The standard InChI is InChI=1S/C17H32N6O6/c1-9(2)8-10(18)14(26)22-11(5-6-13(24)25)15(27)23-12(16(28)29)4-3-7-21-17(19)20/h9-12H,3-8,18H2,1-2H3,(H,22,26)(H,23,27)(H,24,25)(H,28,29)(H4,19,20,21)/t10-,11-,12-/m0/s1. The molecule has 0 aliphatic heterocycles. The number of hydrogen-bond donors (Lipinski definition) is 7. The van der Waals surface area contributed by atoms with Gasteiger partial charge in [-0.05, 0) is 31.6 Å². The summed E-state index contributed by atoms with van der Waals surface area (Å²) in [6.07, 6.45) is 0.119. The fourth-order valence-corrected chi connectivity index (χ4v) is 2.46. The van der Waals surface area contributed by atoms with Crippen molar-refractivity contribution in [3.63, 3.8) is 0 Å². The highest BCUT2D eigenvalue weighted by atomic mass is 16.4. The van der Waals surface area contributed by atoms with Gasteiger partial charge >= 0.3 is 11.9 Å². The summed E-state index contributed by atoms with van der Waals surface area (Å²) in [6, 6.07) is -3.34. The van der Waals surface area contributed by atoms with Gasteiger partial charge in [0.1, 0.15) is 12.1 Å². The number of hydrogen-bond acceptors (Lipinski definition) is 6. The van der Waals surface area contributed by atoms with Crippen molar-refractivity contribution in [3.05, 3.63) is 0 Å². The summed E-state index contributed by atoms with van der Waals surface area (Å²) in [4.78, 5) is 50.7. The van der Waals surface area contributed by atoms with Crippen LogP contribution in [0.1, 0.15) is 46.0 Å². The number of carbonyl (C=O) groups excluding carboxylic acids is 2. The van der Waals surface area contributed by atoms with Gasteiger partial charge in [0, 0.05) is 13.0 Å². The van der Waals surface area contributed by atoms with E-state index in [1.807, 2.05) is 13.8 Å². The van der Waals surface area contributed by atoms with Crippen LogP contribution >= 0.6 is 0 Å². The third-order valence-corrected chi connectivity index (χ3v) is 3.90. The van der Waals surface area contributed by atoms with Crippen molar-refractivity contribution in [1.29, 1.82) is 0 Å². The summed E-state index contributed by atoms with van der Waals surface area (Å²) in [6.45, 7) is 3.94. The van der Waals surface area contributed by atoms with Gasteiger partial charge in [-0.1, -0.05) is 13.8 Å². The van der Waals surface area contributed by atoms with Crippen LogP contribution in [0.2, 0.25) is 0 Å². The zero-order chi connectivity index (χ0) is 22.6. The molecule has 166 valence electrons. The number of carboxylic acid groups (broad SMARTS) is 2. The average molecular weight is 416 g/mol. The second kappa shape index (κ2) is 13.3. The number of amides is 2. The van der Waals surface area contributed by atoms with Crippen LogP contribution in [-0.2, 0) is 19.2 Å². The lowest BCUT2D eigenvalue weighted by Crippen LogP contribution is -2.54. The SMILES string of the molecule is CC(C)C[C@H](N)C(=O)N[C@@H](CCC(=O)O)C(=O)N[C@@H](CCCN=C(N)N)C(=O)O. The lowest BCUT2D eigenvalue weighted by atomic mass is 10.0. The lowest BCUT2D eigenvalue weighted by molar-refractivity contribution is -0.143. The van der Waals surface area contributed by atoms with Crippen LogP contribution in [0.3, 0.4) is 0 Å². The maximum atomic E-state index is 12.5. The zero-order valence-electron chi connectivity index (χ0n) is 16.8. The van der Waals surface area contributed by atoms with E-state index in [0.29, 0.717) is 12.8 Å². The molecule has 0 saturated heterocycles. The van der Waals surface area contributed by atoms with Crippen molar-refractivity contribution in [2.75, 3.05) is 6.54 Å². The normalized spacial score (nSPS) is 13.8. The molecule has 12 heteroatoms. The van der Waals surface area contributed by atoms with Gasteiger partial charge < -0.3 is 38.0 Å². The summed E-state index contributed by atoms with van der Waals surface area (Å²) in [5, 5.41) is 22.9. The highest BCUT2D eigenvalue weighted by Crippen LogP contribution is 2.06. The first kappa shape index (κ1) is 26.1. The van der Waals surface area contributed by atoms with E-state index in [2.05, 4.69) is 15.6 Å². The molecule has 0 aliphatic rings. The number of nitrogens with two attached hydrogens (primary N) is 3. The molecule has 0 aromatic carbocycles. The van der Waals surface area contributed by atoms with Crippen molar-refractivity contribution in [1.82, 2.24) is 10.6 Å². The number of aliphatic carboxylic acids is 2. The van der Waals surface area contributed by atoms with Crippen LogP contribution in [0.4, 0.5) is 0 Å². The first-order valence-corrected chi connectivity index (χ1v) is 9.30.